The van der Waals surface area contributed by atoms with Gasteiger partial charge in [0.25, 0.3) is 5.91 Å². The number of fused-ring (bicyclic) bond motifs is 1. The Morgan fingerprint density at radius 3 is 2.18 bits per heavy atom. The number of carbonyl (C=O) groups is 1. The number of halogens is 4. The summed E-state index contributed by atoms with van der Waals surface area (Å²) in [5, 5.41) is 13.3. The lowest BCUT2D eigenvalue weighted by atomic mass is 10.0. The van der Waals surface area contributed by atoms with E-state index >= 15 is 0 Å². The maximum absolute atomic E-state index is 13.3. The third kappa shape index (κ3) is 4.86. The standard InChI is InChI=1S/C29H17F4NO4/c30-21-11-6-16(7-12-21)18-8-13-23-24(15-18)38-27(26(36)25(23)35)19-2-1-3-22(14-19)34-28(37)17-4-9-20(10-5-17)29(31,32)33/h1-15,36H,(H,34,37). The molecule has 0 bridgehead atoms. The molecule has 0 atom stereocenters. The van der Waals surface area contributed by atoms with Gasteiger partial charge in [0.2, 0.25) is 11.2 Å². The molecule has 0 aliphatic rings. The molecule has 0 aliphatic heterocycles. The van der Waals surface area contributed by atoms with Gasteiger partial charge in [0.05, 0.1) is 10.9 Å². The molecule has 38 heavy (non-hydrogen) atoms. The number of anilines is 1. The normalized spacial score (nSPS) is 11.5. The maximum Gasteiger partial charge on any atom is 0.416 e. The molecule has 9 heteroatoms. The lowest BCUT2D eigenvalue weighted by Gasteiger charge is -2.11. The molecule has 0 radical (unpaired) electrons. The van der Waals surface area contributed by atoms with E-state index in [2.05, 4.69) is 5.32 Å². The fourth-order valence-electron chi connectivity index (χ4n) is 3.95. The van der Waals surface area contributed by atoms with Crippen LogP contribution in [0.5, 0.6) is 5.75 Å². The van der Waals surface area contributed by atoms with E-state index in [1.165, 1.54) is 30.3 Å². The van der Waals surface area contributed by atoms with Gasteiger partial charge in [-0.3, -0.25) is 9.59 Å². The van der Waals surface area contributed by atoms with Crippen molar-refractivity contribution in [3.8, 4) is 28.2 Å². The van der Waals surface area contributed by atoms with E-state index in [9.17, 15) is 32.3 Å². The predicted octanol–water partition coefficient (Wildman–Crippen LogP) is 7.24. The van der Waals surface area contributed by atoms with E-state index < -0.39 is 34.6 Å². The van der Waals surface area contributed by atoms with Gasteiger partial charge < -0.3 is 14.8 Å². The maximum atomic E-state index is 13.3. The zero-order chi connectivity index (χ0) is 27.0. The van der Waals surface area contributed by atoms with E-state index in [0.29, 0.717) is 11.1 Å². The predicted molar refractivity (Wildman–Crippen MR) is 134 cm³/mol. The molecule has 0 aliphatic carbocycles. The zero-order valence-electron chi connectivity index (χ0n) is 19.3. The summed E-state index contributed by atoms with van der Waals surface area (Å²) < 4.78 is 57.6. The first-order valence-corrected chi connectivity index (χ1v) is 11.2. The highest BCUT2D eigenvalue weighted by Crippen LogP contribution is 2.33. The van der Waals surface area contributed by atoms with Crippen molar-refractivity contribution in [3.05, 3.63) is 118 Å². The van der Waals surface area contributed by atoms with Crippen molar-refractivity contribution in [3.63, 3.8) is 0 Å². The van der Waals surface area contributed by atoms with Gasteiger partial charge in [0, 0.05) is 16.8 Å². The largest absolute Gasteiger partial charge is 0.502 e. The molecular formula is C29H17F4NO4. The molecule has 1 heterocycles. The molecule has 0 saturated carbocycles. The Morgan fingerprint density at radius 1 is 0.816 bits per heavy atom. The summed E-state index contributed by atoms with van der Waals surface area (Å²) in [6.45, 7) is 0. The third-order valence-electron chi connectivity index (χ3n) is 5.90. The van der Waals surface area contributed by atoms with Gasteiger partial charge in [-0.05, 0) is 71.8 Å². The van der Waals surface area contributed by atoms with Crippen LogP contribution >= 0.6 is 0 Å². The van der Waals surface area contributed by atoms with Crippen LogP contribution in [0.15, 0.2) is 100 Å². The summed E-state index contributed by atoms with van der Waals surface area (Å²) in [4.78, 5) is 25.4. The smallest absolute Gasteiger partial charge is 0.416 e. The Labute approximate surface area is 212 Å². The minimum absolute atomic E-state index is 0.0109. The van der Waals surface area contributed by atoms with Crippen molar-refractivity contribution in [1.29, 1.82) is 0 Å². The molecular weight excluding hydrogens is 502 g/mol. The summed E-state index contributed by atoms with van der Waals surface area (Å²) in [6, 6.07) is 20.4. The minimum atomic E-state index is -4.52. The number of amides is 1. The van der Waals surface area contributed by atoms with Crippen LogP contribution in [0.25, 0.3) is 33.4 Å². The molecule has 0 saturated heterocycles. The van der Waals surface area contributed by atoms with Crippen molar-refractivity contribution in [2.45, 2.75) is 6.18 Å². The Bertz CT molecular complexity index is 1720. The first kappa shape index (κ1) is 24.8. The molecule has 2 N–H and O–H groups in total. The number of hydrogen-bond donors (Lipinski definition) is 2. The van der Waals surface area contributed by atoms with Crippen molar-refractivity contribution >= 4 is 22.6 Å². The molecule has 5 aromatic rings. The van der Waals surface area contributed by atoms with Crippen LogP contribution in [-0.2, 0) is 6.18 Å². The van der Waals surface area contributed by atoms with Crippen molar-refractivity contribution in [2.75, 3.05) is 5.32 Å². The second-order valence-corrected chi connectivity index (χ2v) is 8.44. The molecule has 5 rings (SSSR count). The first-order chi connectivity index (χ1) is 18.1. The number of aromatic hydroxyl groups is 1. The molecule has 190 valence electrons. The fourth-order valence-corrected chi connectivity index (χ4v) is 3.95. The number of rotatable bonds is 4. The van der Waals surface area contributed by atoms with E-state index in [4.69, 9.17) is 4.42 Å². The Hall–Kier alpha value is -4.92. The summed E-state index contributed by atoms with van der Waals surface area (Å²) in [5.74, 6) is -1.80. The first-order valence-electron chi connectivity index (χ1n) is 11.2. The van der Waals surface area contributed by atoms with E-state index in [1.807, 2.05) is 0 Å². The second-order valence-electron chi connectivity index (χ2n) is 8.44. The van der Waals surface area contributed by atoms with Gasteiger partial charge in [-0.2, -0.15) is 13.2 Å². The molecule has 4 aromatic carbocycles. The monoisotopic (exact) mass is 519 g/mol. The van der Waals surface area contributed by atoms with E-state index in [-0.39, 0.29) is 33.5 Å². The molecule has 5 nitrogen and oxygen atoms in total. The lowest BCUT2D eigenvalue weighted by Crippen LogP contribution is -2.13. The molecule has 1 aromatic heterocycles. The van der Waals surface area contributed by atoms with Crippen LogP contribution < -0.4 is 10.7 Å². The highest BCUT2D eigenvalue weighted by atomic mass is 19.4. The van der Waals surface area contributed by atoms with Crippen LogP contribution in [0.4, 0.5) is 23.2 Å². The average Bonchev–Trinajstić information content (AvgIpc) is 2.90. The Balaban J connectivity index is 1.47. The summed E-state index contributed by atoms with van der Waals surface area (Å²) in [7, 11) is 0. The Kier molecular flexibility index (Phi) is 6.20. The quantitative estimate of drug-likeness (QED) is 0.245. The summed E-state index contributed by atoms with van der Waals surface area (Å²) in [6.07, 6.45) is -4.52. The summed E-state index contributed by atoms with van der Waals surface area (Å²) in [5.41, 5.74) is 0.550. The van der Waals surface area contributed by atoms with Gasteiger partial charge in [-0.25, -0.2) is 4.39 Å². The SMILES string of the molecule is O=C(Nc1cccc(-c2oc3cc(-c4ccc(F)cc4)ccc3c(=O)c2O)c1)c1ccc(C(F)(F)F)cc1. The lowest BCUT2D eigenvalue weighted by molar-refractivity contribution is -0.137. The van der Waals surface area contributed by atoms with Crippen LogP contribution in [0, 0.1) is 5.82 Å². The molecule has 0 spiro atoms. The van der Waals surface area contributed by atoms with Gasteiger partial charge >= 0.3 is 6.18 Å². The van der Waals surface area contributed by atoms with Gasteiger partial charge in [0.1, 0.15) is 11.4 Å². The van der Waals surface area contributed by atoms with Crippen LogP contribution in [0.2, 0.25) is 0 Å². The van der Waals surface area contributed by atoms with Crippen molar-refractivity contribution in [2.24, 2.45) is 0 Å². The highest BCUT2D eigenvalue weighted by molar-refractivity contribution is 6.04. The van der Waals surface area contributed by atoms with E-state index in [1.54, 1.807) is 36.4 Å². The van der Waals surface area contributed by atoms with E-state index in [0.717, 1.165) is 24.3 Å². The van der Waals surface area contributed by atoms with Crippen molar-refractivity contribution < 1.29 is 31.9 Å². The molecule has 0 fully saturated rings. The number of benzene rings is 4. The molecule has 0 unspecified atom stereocenters. The number of nitrogens with one attached hydrogen (secondary N) is 1. The topological polar surface area (TPSA) is 79.5 Å². The van der Waals surface area contributed by atoms with Crippen LogP contribution in [0.1, 0.15) is 15.9 Å². The molecule has 1 amide bonds. The highest BCUT2D eigenvalue weighted by Gasteiger charge is 2.30. The minimum Gasteiger partial charge on any atom is -0.502 e. The zero-order valence-corrected chi connectivity index (χ0v) is 19.3. The van der Waals surface area contributed by atoms with Crippen molar-refractivity contribution in [1.82, 2.24) is 0 Å². The van der Waals surface area contributed by atoms with Crippen LogP contribution in [-0.4, -0.2) is 11.0 Å². The number of carbonyl (C=O) groups excluding carboxylic acids is 1. The van der Waals surface area contributed by atoms with Gasteiger partial charge in [-0.1, -0.05) is 30.3 Å². The number of alkyl halides is 3. The van der Waals surface area contributed by atoms with Gasteiger partial charge in [0.15, 0.2) is 5.76 Å². The summed E-state index contributed by atoms with van der Waals surface area (Å²) >= 11 is 0. The third-order valence-corrected chi connectivity index (χ3v) is 5.90. The Morgan fingerprint density at radius 2 is 1.50 bits per heavy atom. The fraction of sp³-hybridized carbons (Fsp3) is 0.0345. The average molecular weight is 519 g/mol. The van der Waals surface area contributed by atoms with Gasteiger partial charge in [-0.15, -0.1) is 0 Å². The number of hydrogen-bond acceptors (Lipinski definition) is 4. The second kappa shape index (κ2) is 9.51. The van der Waals surface area contributed by atoms with Crippen LogP contribution in [0.3, 0.4) is 0 Å².